The van der Waals surface area contributed by atoms with E-state index in [1.165, 1.54) is 0 Å². The minimum Gasteiger partial charge on any atom is -0.507 e. The summed E-state index contributed by atoms with van der Waals surface area (Å²) in [6.45, 7) is 0.0501. The summed E-state index contributed by atoms with van der Waals surface area (Å²) in [4.78, 5) is 26.0. The molecular formula is C24H18F7NO6. The number of phenols is 2. The fraction of sp³-hybridized carbons (Fsp3) is 0.333. The van der Waals surface area contributed by atoms with Crippen LogP contribution in [0.15, 0.2) is 39.5 Å². The smallest absolute Gasteiger partial charge is 0.490 e. The van der Waals surface area contributed by atoms with Crippen LogP contribution in [0.1, 0.15) is 23.5 Å². The van der Waals surface area contributed by atoms with E-state index in [4.69, 9.17) is 4.42 Å². The van der Waals surface area contributed by atoms with Crippen molar-refractivity contribution in [3.05, 3.63) is 57.5 Å². The summed E-state index contributed by atoms with van der Waals surface area (Å²) in [5, 5.41) is 20.5. The Balaban J connectivity index is 1.92. The molecule has 0 unspecified atom stereocenters. The monoisotopic (exact) mass is 549 g/mol. The van der Waals surface area contributed by atoms with Crippen molar-refractivity contribution in [3.63, 3.8) is 0 Å². The van der Waals surface area contributed by atoms with Gasteiger partial charge in [0.15, 0.2) is 5.43 Å². The van der Waals surface area contributed by atoms with Crippen molar-refractivity contribution in [1.82, 2.24) is 4.90 Å². The van der Waals surface area contributed by atoms with Crippen LogP contribution in [-0.2, 0) is 15.7 Å². The number of carbonyl (C=O) groups excluding carboxylic acids is 1. The number of benzene rings is 2. The Morgan fingerprint density at radius 3 is 2.39 bits per heavy atom. The summed E-state index contributed by atoms with van der Waals surface area (Å²) >= 11 is 0. The molecule has 2 N–H and O–H groups in total. The number of alkyl halides is 6. The van der Waals surface area contributed by atoms with Crippen molar-refractivity contribution < 1.29 is 54.9 Å². The Labute approximate surface area is 208 Å². The minimum absolute atomic E-state index is 0.00243. The molecule has 1 aromatic heterocycles. The standard InChI is InChI=1S/C24H18F7NO6/c1-32-5-4-11(18(9-32)38-22(36)24(29,30)31)19-14(33)7-15(34)20-16(35)8-17(37-21(19)20)10-2-3-13(25)12(6-10)23(26,27)28/h2-3,6-8,11,18,33-34H,4-5,9H2,1H3/t11-,18+/m0/s1. The highest BCUT2D eigenvalue weighted by Gasteiger charge is 2.45. The number of piperidine rings is 1. The van der Waals surface area contributed by atoms with Gasteiger partial charge >= 0.3 is 18.3 Å². The van der Waals surface area contributed by atoms with Gasteiger partial charge in [-0.15, -0.1) is 0 Å². The molecule has 0 bridgehead atoms. The third kappa shape index (κ3) is 5.12. The number of nitrogens with zero attached hydrogens (tertiary/aromatic N) is 1. The summed E-state index contributed by atoms with van der Waals surface area (Å²) in [6, 6.07) is 3.31. The van der Waals surface area contributed by atoms with Crippen LogP contribution in [0.25, 0.3) is 22.3 Å². The third-order valence-electron chi connectivity index (χ3n) is 6.18. The Bertz CT molecular complexity index is 1460. The number of likely N-dealkylation sites (tertiary alicyclic amines) is 1. The van der Waals surface area contributed by atoms with Crippen molar-refractivity contribution in [2.24, 2.45) is 0 Å². The molecule has 0 spiro atoms. The highest BCUT2D eigenvalue weighted by molar-refractivity contribution is 5.90. The number of ether oxygens (including phenoxy) is 1. The molecule has 204 valence electrons. The molecule has 3 aromatic rings. The molecule has 2 aromatic carbocycles. The molecule has 1 fully saturated rings. The Hall–Kier alpha value is -3.81. The lowest BCUT2D eigenvalue weighted by atomic mass is 9.85. The van der Waals surface area contributed by atoms with Gasteiger partial charge in [0, 0.05) is 35.7 Å². The number of phenolic OH excluding ortho intramolecular Hbond substituents is 2. The third-order valence-corrected chi connectivity index (χ3v) is 6.18. The number of hydrogen-bond acceptors (Lipinski definition) is 7. The summed E-state index contributed by atoms with van der Waals surface area (Å²) in [5.74, 6) is -7.23. The van der Waals surface area contributed by atoms with Crippen LogP contribution in [0, 0.1) is 5.82 Å². The number of hydrogen-bond donors (Lipinski definition) is 2. The molecule has 0 saturated carbocycles. The highest BCUT2D eigenvalue weighted by atomic mass is 19.4. The van der Waals surface area contributed by atoms with E-state index >= 15 is 0 Å². The largest absolute Gasteiger partial charge is 0.507 e. The van der Waals surface area contributed by atoms with E-state index < -0.39 is 75.4 Å². The van der Waals surface area contributed by atoms with Crippen molar-refractivity contribution in [3.8, 4) is 22.8 Å². The second-order valence-electron chi connectivity index (χ2n) is 8.80. The lowest BCUT2D eigenvalue weighted by Crippen LogP contribution is -2.45. The van der Waals surface area contributed by atoms with Gasteiger partial charge in [-0.25, -0.2) is 9.18 Å². The van der Waals surface area contributed by atoms with Crippen molar-refractivity contribution in [2.75, 3.05) is 20.1 Å². The van der Waals surface area contributed by atoms with Crippen LogP contribution in [-0.4, -0.2) is 53.5 Å². The first-order chi connectivity index (χ1) is 17.6. The first-order valence-corrected chi connectivity index (χ1v) is 10.9. The molecular weight excluding hydrogens is 531 g/mol. The molecule has 0 aliphatic carbocycles. The van der Waals surface area contributed by atoms with E-state index in [9.17, 15) is 50.5 Å². The van der Waals surface area contributed by atoms with Gasteiger partial charge in [-0.2, -0.15) is 26.3 Å². The summed E-state index contributed by atoms with van der Waals surface area (Å²) in [5.41, 5.74) is -3.82. The number of likely N-dealkylation sites (N-methyl/N-ethyl adjacent to an activating group) is 1. The molecule has 2 atom stereocenters. The number of esters is 1. The maximum atomic E-state index is 13.8. The first-order valence-electron chi connectivity index (χ1n) is 10.9. The van der Waals surface area contributed by atoms with Crippen molar-refractivity contribution in [1.29, 1.82) is 0 Å². The Morgan fingerprint density at radius 2 is 1.76 bits per heavy atom. The lowest BCUT2D eigenvalue weighted by molar-refractivity contribution is -0.207. The van der Waals surface area contributed by atoms with E-state index in [0.29, 0.717) is 12.1 Å². The summed E-state index contributed by atoms with van der Waals surface area (Å²) in [6.07, 6.45) is -11.9. The van der Waals surface area contributed by atoms with Gasteiger partial charge in [0.2, 0.25) is 0 Å². The molecule has 2 heterocycles. The fourth-order valence-corrected chi connectivity index (χ4v) is 4.44. The van der Waals surface area contributed by atoms with Gasteiger partial charge in [-0.05, 0) is 38.2 Å². The topological polar surface area (TPSA) is 100 Å². The van der Waals surface area contributed by atoms with Crippen molar-refractivity contribution >= 4 is 16.9 Å². The van der Waals surface area contributed by atoms with Gasteiger partial charge in [0.05, 0.1) is 5.56 Å². The second kappa shape index (κ2) is 9.49. The van der Waals surface area contributed by atoms with Crippen LogP contribution in [0.5, 0.6) is 11.5 Å². The van der Waals surface area contributed by atoms with Gasteiger partial charge in [-0.3, -0.25) is 4.79 Å². The Morgan fingerprint density at radius 1 is 1.08 bits per heavy atom. The summed E-state index contributed by atoms with van der Waals surface area (Å²) in [7, 11) is 1.55. The van der Waals surface area contributed by atoms with Crippen LogP contribution >= 0.6 is 0 Å². The molecule has 0 amide bonds. The summed E-state index contributed by atoms with van der Waals surface area (Å²) < 4.78 is 103. The van der Waals surface area contributed by atoms with E-state index in [1.54, 1.807) is 11.9 Å². The average molecular weight is 549 g/mol. The Kier molecular flexibility index (Phi) is 6.80. The lowest BCUT2D eigenvalue weighted by Gasteiger charge is -2.36. The van der Waals surface area contributed by atoms with Crippen molar-refractivity contribution in [2.45, 2.75) is 30.8 Å². The molecule has 14 heteroatoms. The molecule has 0 radical (unpaired) electrons. The second-order valence-corrected chi connectivity index (χ2v) is 8.80. The van der Waals surface area contributed by atoms with Crippen LogP contribution in [0.3, 0.4) is 0 Å². The highest BCUT2D eigenvalue weighted by Crippen LogP contribution is 2.44. The maximum Gasteiger partial charge on any atom is 0.490 e. The van der Waals surface area contributed by atoms with E-state index in [-0.39, 0.29) is 30.6 Å². The normalized spacial score (nSPS) is 19.1. The van der Waals surface area contributed by atoms with Crippen LogP contribution in [0.2, 0.25) is 0 Å². The molecule has 1 saturated heterocycles. The zero-order valence-corrected chi connectivity index (χ0v) is 19.3. The minimum atomic E-state index is -5.32. The van der Waals surface area contributed by atoms with E-state index in [0.717, 1.165) is 18.2 Å². The molecule has 7 nitrogen and oxygen atoms in total. The molecule has 1 aliphatic heterocycles. The van der Waals surface area contributed by atoms with Gasteiger partial charge in [0.25, 0.3) is 0 Å². The average Bonchev–Trinajstić information content (AvgIpc) is 2.78. The number of fused-ring (bicyclic) bond motifs is 1. The van der Waals surface area contributed by atoms with Gasteiger partial charge < -0.3 is 24.3 Å². The predicted molar refractivity (Wildman–Crippen MR) is 117 cm³/mol. The van der Waals surface area contributed by atoms with E-state index in [1.807, 2.05) is 0 Å². The van der Waals surface area contributed by atoms with Gasteiger partial charge in [-0.1, -0.05) is 0 Å². The van der Waals surface area contributed by atoms with Crippen LogP contribution < -0.4 is 5.43 Å². The molecule has 1 aliphatic rings. The zero-order chi connectivity index (χ0) is 28.2. The SMILES string of the molecule is CN1CC[C@H](c2c(O)cc(O)c3c(=O)cc(-c4ccc(F)c(C(F)(F)F)c4)oc23)[C@H](OC(=O)C(F)(F)F)C1. The van der Waals surface area contributed by atoms with Crippen LogP contribution in [0.4, 0.5) is 30.7 Å². The molecule has 38 heavy (non-hydrogen) atoms. The zero-order valence-electron chi connectivity index (χ0n) is 19.3. The van der Waals surface area contributed by atoms with Gasteiger partial charge in [0.1, 0.15) is 40.1 Å². The van der Waals surface area contributed by atoms with E-state index in [2.05, 4.69) is 4.74 Å². The number of halogens is 7. The number of carbonyl (C=O) groups is 1. The molecule has 4 rings (SSSR count). The first kappa shape index (κ1) is 27.2. The quantitative estimate of drug-likeness (QED) is 0.353. The maximum absolute atomic E-state index is 13.8. The predicted octanol–water partition coefficient (Wildman–Crippen LogP) is 4.92. The number of aromatic hydroxyl groups is 2. The number of rotatable bonds is 3. The fourth-order valence-electron chi connectivity index (χ4n) is 4.44.